The molecule has 0 saturated heterocycles. The van der Waals surface area contributed by atoms with Crippen LogP contribution in [0.5, 0.6) is 0 Å². The van der Waals surface area contributed by atoms with Gasteiger partial charge in [0, 0.05) is 6.54 Å². The predicted molar refractivity (Wildman–Crippen MR) is 73.8 cm³/mol. The maximum atomic E-state index is 12.7. The van der Waals surface area contributed by atoms with Gasteiger partial charge < -0.3 is 5.32 Å². The average molecular weight is 249 g/mol. The SMILES string of the molecule is CC1CCC(CCNCc2ccc(F)cc2)CC1. The molecule has 18 heavy (non-hydrogen) atoms. The molecule has 1 aromatic rings. The second kappa shape index (κ2) is 6.89. The second-order valence-corrected chi connectivity index (χ2v) is 5.72. The Labute approximate surface area is 110 Å². The number of benzene rings is 1. The zero-order valence-corrected chi connectivity index (χ0v) is 11.3. The van der Waals surface area contributed by atoms with Crippen molar-refractivity contribution < 1.29 is 4.39 Å². The van der Waals surface area contributed by atoms with Gasteiger partial charge in [-0.2, -0.15) is 0 Å². The summed E-state index contributed by atoms with van der Waals surface area (Å²) in [7, 11) is 0. The summed E-state index contributed by atoms with van der Waals surface area (Å²) in [4.78, 5) is 0. The fraction of sp³-hybridized carbons (Fsp3) is 0.625. The van der Waals surface area contributed by atoms with E-state index in [0.29, 0.717) is 0 Å². The largest absolute Gasteiger partial charge is 0.313 e. The number of hydrogen-bond acceptors (Lipinski definition) is 1. The van der Waals surface area contributed by atoms with Crippen molar-refractivity contribution in [2.75, 3.05) is 6.54 Å². The Balaban J connectivity index is 1.60. The summed E-state index contributed by atoms with van der Waals surface area (Å²) in [6, 6.07) is 6.76. The molecule has 2 heteroatoms. The molecule has 1 N–H and O–H groups in total. The lowest BCUT2D eigenvalue weighted by atomic mass is 9.81. The monoisotopic (exact) mass is 249 g/mol. The van der Waals surface area contributed by atoms with Crippen LogP contribution in [0.15, 0.2) is 24.3 Å². The van der Waals surface area contributed by atoms with Gasteiger partial charge in [-0.1, -0.05) is 44.7 Å². The highest BCUT2D eigenvalue weighted by molar-refractivity contribution is 5.15. The van der Waals surface area contributed by atoms with E-state index < -0.39 is 0 Å². The number of hydrogen-bond donors (Lipinski definition) is 1. The summed E-state index contributed by atoms with van der Waals surface area (Å²) in [5, 5.41) is 3.46. The maximum absolute atomic E-state index is 12.7. The van der Waals surface area contributed by atoms with E-state index in [4.69, 9.17) is 0 Å². The van der Waals surface area contributed by atoms with Gasteiger partial charge in [-0.15, -0.1) is 0 Å². The minimum Gasteiger partial charge on any atom is -0.313 e. The average Bonchev–Trinajstić information content (AvgIpc) is 2.39. The van der Waals surface area contributed by atoms with Crippen molar-refractivity contribution >= 4 is 0 Å². The van der Waals surface area contributed by atoms with Crippen LogP contribution in [-0.4, -0.2) is 6.54 Å². The van der Waals surface area contributed by atoms with E-state index >= 15 is 0 Å². The van der Waals surface area contributed by atoms with E-state index in [9.17, 15) is 4.39 Å². The molecule has 0 heterocycles. The van der Waals surface area contributed by atoms with E-state index in [-0.39, 0.29) is 5.82 Å². The molecular formula is C16H24FN. The molecule has 1 nitrogen and oxygen atoms in total. The van der Waals surface area contributed by atoms with Crippen LogP contribution in [-0.2, 0) is 6.54 Å². The predicted octanol–water partition coefficient (Wildman–Crippen LogP) is 4.13. The molecule has 0 aliphatic heterocycles. The van der Waals surface area contributed by atoms with Gasteiger partial charge in [-0.25, -0.2) is 4.39 Å². The Morgan fingerprint density at radius 2 is 1.78 bits per heavy atom. The van der Waals surface area contributed by atoms with E-state index in [1.165, 1.54) is 44.2 Å². The van der Waals surface area contributed by atoms with Gasteiger partial charge in [0.1, 0.15) is 5.82 Å². The Bertz CT molecular complexity index is 339. The van der Waals surface area contributed by atoms with Crippen molar-refractivity contribution in [2.24, 2.45) is 11.8 Å². The number of rotatable bonds is 5. The van der Waals surface area contributed by atoms with Crippen LogP contribution in [0.2, 0.25) is 0 Å². The third-order valence-electron chi connectivity index (χ3n) is 4.11. The van der Waals surface area contributed by atoms with Crippen LogP contribution < -0.4 is 5.32 Å². The molecule has 0 bridgehead atoms. The van der Waals surface area contributed by atoms with Crippen LogP contribution in [0.25, 0.3) is 0 Å². The van der Waals surface area contributed by atoms with Crippen LogP contribution >= 0.6 is 0 Å². The first-order valence-electron chi connectivity index (χ1n) is 7.19. The van der Waals surface area contributed by atoms with Gasteiger partial charge in [0.15, 0.2) is 0 Å². The lowest BCUT2D eigenvalue weighted by Crippen LogP contribution is -2.20. The molecule has 0 atom stereocenters. The molecule has 1 aromatic carbocycles. The van der Waals surface area contributed by atoms with Crippen LogP contribution in [0, 0.1) is 17.7 Å². The zero-order chi connectivity index (χ0) is 12.8. The highest BCUT2D eigenvalue weighted by Gasteiger charge is 2.17. The molecule has 1 aliphatic carbocycles. The van der Waals surface area contributed by atoms with Gasteiger partial charge >= 0.3 is 0 Å². The fourth-order valence-corrected chi connectivity index (χ4v) is 2.76. The van der Waals surface area contributed by atoms with Crippen molar-refractivity contribution in [3.8, 4) is 0 Å². The van der Waals surface area contributed by atoms with Gasteiger partial charge in [0.2, 0.25) is 0 Å². The van der Waals surface area contributed by atoms with Gasteiger partial charge in [0.25, 0.3) is 0 Å². The molecule has 0 amide bonds. The van der Waals surface area contributed by atoms with Crippen LogP contribution in [0.4, 0.5) is 4.39 Å². The quantitative estimate of drug-likeness (QED) is 0.774. The first-order chi connectivity index (χ1) is 8.74. The Morgan fingerprint density at radius 1 is 1.11 bits per heavy atom. The molecule has 1 fully saturated rings. The summed E-state index contributed by atoms with van der Waals surface area (Å²) in [5.74, 6) is 1.70. The summed E-state index contributed by atoms with van der Waals surface area (Å²) in [5.41, 5.74) is 1.16. The highest BCUT2D eigenvalue weighted by atomic mass is 19.1. The van der Waals surface area contributed by atoms with Crippen molar-refractivity contribution in [3.63, 3.8) is 0 Å². The molecule has 2 rings (SSSR count). The smallest absolute Gasteiger partial charge is 0.123 e. The summed E-state index contributed by atoms with van der Waals surface area (Å²) in [6.07, 6.45) is 6.90. The molecular weight excluding hydrogens is 225 g/mol. The zero-order valence-electron chi connectivity index (χ0n) is 11.3. The standard InChI is InChI=1S/C16H24FN/c1-13-2-4-14(5-3-13)10-11-18-12-15-6-8-16(17)9-7-15/h6-9,13-14,18H,2-5,10-12H2,1H3. The summed E-state index contributed by atoms with van der Waals surface area (Å²) >= 11 is 0. The molecule has 0 spiro atoms. The topological polar surface area (TPSA) is 12.0 Å². The number of nitrogens with one attached hydrogen (secondary N) is 1. The molecule has 0 aromatic heterocycles. The highest BCUT2D eigenvalue weighted by Crippen LogP contribution is 2.29. The van der Waals surface area contributed by atoms with Crippen molar-refractivity contribution in [1.29, 1.82) is 0 Å². The fourth-order valence-electron chi connectivity index (χ4n) is 2.76. The minimum atomic E-state index is -0.157. The third kappa shape index (κ3) is 4.41. The first-order valence-corrected chi connectivity index (χ1v) is 7.19. The van der Waals surface area contributed by atoms with Crippen LogP contribution in [0.1, 0.15) is 44.6 Å². The van der Waals surface area contributed by atoms with Crippen molar-refractivity contribution in [3.05, 3.63) is 35.6 Å². The molecule has 1 saturated carbocycles. The minimum absolute atomic E-state index is 0.157. The third-order valence-corrected chi connectivity index (χ3v) is 4.11. The van der Waals surface area contributed by atoms with E-state index in [1.807, 2.05) is 12.1 Å². The lowest BCUT2D eigenvalue weighted by Gasteiger charge is -2.26. The molecule has 0 unspecified atom stereocenters. The lowest BCUT2D eigenvalue weighted by molar-refractivity contribution is 0.275. The van der Waals surface area contributed by atoms with E-state index in [2.05, 4.69) is 12.2 Å². The molecule has 100 valence electrons. The number of halogens is 1. The first kappa shape index (κ1) is 13.5. The van der Waals surface area contributed by atoms with Crippen LogP contribution in [0.3, 0.4) is 0 Å². The Hall–Kier alpha value is -0.890. The van der Waals surface area contributed by atoms with E-state index in [0.717, 1.165) is 30.5 Å². The molecule has 1 aliphatic rings. The second-order valence-electron chi connectivity index (χ2n) is 5.72. The molecule has 0 radical (unpaired) electrons. The van der Waals surface area contributed by atoms with Gasteiger partial charge in [-0.3, -0.25) is 0 Å². The van der Waals surface area contributed by atoms with Gasteiger partial charge in [0.05, 0.1) is 0 Å². The summed E-state index contributed by atoms with van der Waals surface area (Å²) in [6.45, 7) is 4.29. The maximum Gasteiger partial charge on any atom is 0.123 e. The summed E-state index contributed by atoms with van der Waals surface area (Å²) < 4.78 is 12.7. The Morgan fingerprint density at radius 3 is 2.44 bits per heavy atom. The van der Waals surface area contributed by atoms with E-state index in [1.54, 1.807) is 0 Å². The normalized spacial score (nSPS) is 24.1. The Kier molecular flexibility index (Phi) is 5.18. The van der Waals surface area contributed by atoms with Gasteiger partial charge in [-0.05, 0) is 42.5 Å². The van der Waals surface area contributed by atoms with Crippen molar-refractivity contribution in [1.82, 2.24) is 5.32 Å². The van der Waals surface area contributed by atoms with Crippen molar-refractivity contribution in [2.45, 2.75) is 45.6 Å².